The summed E-state index contributed by atoms with van der Waals surface area (Å²) in [5.41, 5.74) is 1.44. The van der Waals surface area contributed by atoms with E-state index in [0.717, 1.165) is 37.7 Å². The van der Waals surface area contributed by atoms with Gasteiger partial charge in [0.2, 0.25) is 5.91 Å². The number of carbonyl (C=O) groups is 4. The number of hydrogen-bond donors (Lipinski definition) is 0. The number of nitrogens with zero attached hydrogens (tertiary/aromatic N) is 3. The number of carbonyl (C=O) groups excluding carboxylic acids is 4. The van der Waals surface area contributed by atoms with Crippen molar-refractivity contribution < 1.29 is 19.2 Å². The molecule has 0 aromatic heterocycles. The van der Waals surface area contributed by atoms with Crippen LogP contribution in [0.4, 0.5) is 0 Å². The summed E-state index contributed by atoms with van der Waals surface area (Å²) in [5, 5.41) is 0. The number of imide groups is 1. The maximum absolute atomic E-state index is 13.3. The van der Waals surface area contributed by atoms with E-state index in [2.05, 4.69) is 0 Å². The molecule has 7 nitrogen and oxygen atoms in total. The van der Waals surface area contributed by atoms with Gasteiger partial charge < -0.3 is 9.80 Å². The Hall–Kier alpha value is -3.48. The van der Waals surface area contributed by atoms with Crippen LogP contribution in [0.2, 0.25) is 0 Å². The monoisotopic (exact) mass is 487 g/mol. The molecule has 0 atom stereocenters. The van der Waals surface area contributed by atoms with Gasteiger partial charge in [-0.05, 0) is 50.5 Å². The van der Waals surface area contributed by atoms with Gasteiger partial charge in [-0.15, -0.1) is 0 Å². The molecule has 2 fully saturated rings. The van der Waals surface area contributed by atoms with Gasteiger partial charge in [-0.2, -0.15) is 0 Å². The zero-order valence-electron chi connectivity index (χ0n) is 21.0. The van der Waals surface area contributed by atoms with Crippen molar-refractivity contribution in [1.29, 1.82) is 0 Å². The lowest BCUT2D eigenvalue weighted by molar-refractivity contribution is -0.137. The molecular weight excluding hydrogens is 454 g/mol. The van der Waals surface area contributed by atoms with Crippen molar-refractivity contribution in [3.05, 3.63) is 70.8 Å². The van der Waals surface area contributed by atoms with Gasteiger partial charge in [0.25, 0.3) is 17.7 Å². The van der Waals surface area contributed by atoms with Crippen LogP contribution in [-0.2, 0) is 10.2 Å². The number of hydrogen-bond acceptors (Lipinski definition) is 4. The fraction of sp³-hybridized carbons (Fsp3) is 0.448. The second kappa shape index (κ2) is 9.52. The van der Waals surface area contributed by atoms with E-state index in [4.69, 9.17) is 0 Å². The second-order valence-electron chi connectivity index (χ2n) is 10.6. The minimum Gasteiger partial charge on any atom is -0.338 e. The third kappa shape index (κ3) is 4.21. The molecule has 5 rings (SSSR count). The average molecular weight is 488 g/mol. The smallest absolute Gasteiger partial charge is 0.261 e. The van der Waals surface area contributed by atoms with Crippen LogP contribution in [0.5, 0.6) is 0 Å². The first kappa shape index (κ1) is 24.2. The van der Waals surface area contributed by atoms with Crippen molar-refractivity contribution in [3.8, 4) is 0 Å². The normalized spacial score (nSPS) is 19.0. The summed E-state index contributed by atoms with van der Waals surface area (Å²) >= 11 is 0. The topological polar surface area (TPSA) is 78.0 Å². The molecule has 1 aliphatic carbocycles. The van der Waals surface area contributed by atoms with E-state index in [0.29, 0.717) is 42.9 Å². The molecule has 2 heterocycles. The third-order valence-corrected chi connectivity index (χ3v) is 7.99. The molecule has 4 amide bonds. The Morgan fingerprint density at radius 2 is 1.39 bits per heavy atom. The SMILES string of the molecule is CC(C)(C(=O)N1CCN(C(=O)c2ccc3c(c2)C(=O)N(C2CCCCC2)C3=O)CC1)c1ccccc1. The molecule has 2 aromatic carbocycles. The summed E-state index contributed by atoms with van der Waals surface area (Å²) in [6.07, 6.45) is 4.89. The van der Waals surface area contributed by atoms with Gasteiger partial charge in [0, 0.05) is 37.8 Å². The Morgan fingerprint density at radius 3 is 2.06 bits per heavy atom. The van der Waals surface area contributed by atoms with Gasteiger partial charge in [0.1, 0.15) is 0 Å². The summed E-state index contributed by atoms with van der Waals surface area (Å²) in [6, 6.07) is 14.5. The lowest BCUT2D eigenvalue weighted by Crippen LogP contribution is -2.54. The highest BCUT2D eigenvalue weighted by Gasteiger charge is 2.41. The molecule has 0 spiro atoms. The van der Waals surface area contributed by atoms with Gasteiger partial charge in [-0.25, -0.2) is 0 Å². The molecule has 7 heteroatoms. The molecule has 188 valence electrons. The highest BCUT2D eigenvalue weighted by atomic mass is 16.2. The predicted octanol–water partition coefficient (Wildman–Crippen LogP) is 3.88. The van der Waals surface area contributed by atoms with Gasteiger partial charge in [0.15, 0.2) is 0 Å². The molecule has 2 aliphatic heterocycles. The number of benzene rings is 2. The predicted molar refractivity (Wildman–Crippen MR) is 136 cm³/mol. The molecule has 0 unspecified atom stereocenters. The lowest BCUT2D eigenvalue weighted by Gasteiger charge is -2.38. The molecule has 2 aromatic rings. The second-order valence-corrected chi connectivity index (χ2v) is 10.6. The minimum atomic E-state index is -0.648. The molecule has 1 saturated heterocycles. The van der Waals surface area contributed by atoms with Gasteiger partial charge in [-0.3, -0.25) is 24.1 Å². The number of piperazine rings is 1. The van der Waals surface area contributed by atoms with Crippen molar-refractivity contribution in [3.63, 3.8) is 0 Å². The first-order valence-electron chi connectivity index (χ1n) is 12.9. The molecule has 3 aliphatic rings. The van der Waals surface area contributed by atoms with E-state index in [1.54, 1.807) is 23.1 Å². The number of rotatable bonds is 4. The van der Waals surface area contributed by atoms with E-state index in [1.807, 2.05) is 49.1 Å². The quantitative estimate of drug-likeness (QED) is 0.614. The standard InChI is InChI=1S/C29H33N3O4/c1-29(2,21-9-5-3-6-10-21)28(36)31-17-15-30(16-18-31)25(33)20-13-14-23-24(19-20)27(35)32(26(23)34)22-11-7-4-8-12-22/h3,5-6,9-10,13-14,19,22H,4,7-8,11-12,15-18H2,1-2H3. The Kier molecular flexibility index (Phi) is 6.41. The van der Waals surface area contributed by atoms with E-state index in [1.165, 1.54) is 4.90 Å². The summed E-state index contributed by atoms with van der Waals surface area (Å²) < 4.78 is 0. The molecule has 1 saturated carbocycles. The maximum Gasteiger partial charge on any atom is 0.261 e. The zero-order valence-corrected chi connectivity index (χ0v) is 21.0. The van der Waals surface area contributed by atoms with Crippen LogP contribution in [0.25, 0.3) is 0 Å². The summed E-state index contributed by atoms with van der Waals surface area (Å²) in [4.78, 5) is 57.6. The third-order valence-electron chi connectivity index (χ3n) is 7.99. The summed E-state index contributed by atoms with van der Waals surface area (Å²) in [5.74, 6) is -0.655. The van der Waals surface area contributed by atoms with Crippen LogP contribution in [0, 0.1) is 0 Å². The molecule has 36 heavy (non-hydrogen) atoms. The van der Waals surface area contributed by atoms with Crippen LogP contribution in [0.3, 0.4) is 0 Å². The summed E-state index contributed by atoms with van der Waals surface area (Å²) in [7, 11) is 0. The van der Waals surface area contributed by atoms with Crippen LogP contribution in [0.1, 0.15) is 82.6 Å². The Bertz CT molecular complexity index is 1190. The van der Waals surface area contributed by atoms with Crippen LogP contribution in [0.15, 0.2) is 48.5 Å². The first-order valence-corrected chi connectivity index (χ1v) is 12.9. The van der Waals surface area contributed by atoms with Crippen molar-refractivity contribution in [2.75, 3.05) is 26.2 Å². The van der Waals surface area contributed by atoms with E-state index < -0.39 is 5.41 Å². The first-order chi connectivity index (χ1) is 17.3. The van der Waals surface area contributed by atoms with Crippen LogP contribution < -0.4 is 0 Å². The van der Waals surface area contributed by atoms with Crippen molar-refractivity contribution in [2.45, 2.75) is 57.4 Å². The molecule has 0 bridgehead atoms. The Balaban J connectivity index is 1.25. The molecule has 0 N–H and O–H groups in total. The van der Waals surface area contributed by atoms with Gasteiger partial charge in [-0.1, -0.05) is 49.6 Å². The van der Waals surface area contributed by atoms with E-state index in [9.17, 15) is 19.2 Å². The van der Waals surface area contributed by atoms with Gasteiger partial charge >= 0.3 is 0 Å². The molecular formula is C29H33N3O4. The summed E-state index contributed by atoms with van der Waals surface area (Å²) in [6.45, 7) is 5.63. The van der Waals surface area contributed by atoms with Crippen LogP contribution >= 0.6 is 0 Å². The number of fused-ring (bicyclic) bond motifs is 1. The fourth-order valence-electron chi connectivity index (χ4n) is 5.73. The van der Waals surface area contributed by atoms with E-state index in [-0.39, 0.29) is 29.7 Å². The minimum absolute atomic E-state index is 0.0453. The highest BCUT2D eigenvalue weighted by Crippen LogP contribution is 2.32. The maximum atomic E-state index is 13.3. The molecule has 0 radical (unpaired) electrons. The van der Waals surface area contributed by atoms with Gasteiger partial charge in [0.05, 0.1) is 16.5 Å². The fourth-order valence-corrected chi connectivity index (χ4v) is 5.73. The largest absolute Gasteiger partial charge is 0.338 e. The van der Waals surface area contributed by atoms with Crippen molar-refractivity contribution >= 4 is 23.6 Å². The zero-order chi connectivity index (χ0) is 25.4. The Labute approximate surface area is 212 Å². The van der Waals surface area contributed by atoms with Crippen molar-refractivity contribution in [1.82, 2.24) is 14.7 Å². The Morgan fingerprint density at radius 1 is 0.778 bits per heavy atom. The lowest BCUT2D eigenvalue weighted by atomic mass is 9.83. The highest BCUT2D eigenvalue weighted by molar-refractivity contribution is 6.22. The number of amides is 4. The van der Waals surface area contributed by atoms with E-state index >= 15 is 0 Å². The van der Waals surface area contributed by atoms with Crippen molar-refractivity contribution in [2.24, 2.45) is 0 Å². The average Bonchev–Trinajstić information content (AvgIpc) is 3.17. The van der Waals surface area contributed by atoms with Crippen LogP contribution in [-0.4, -0.2) is 70.5 Å².